The summed E-state index contributed by atoms with van der Waals surface area (Å²) in [5.74, 6) is -5.22. The Labute approximate surface area is 164 Å². The van der Waals surface area contributed by atoms with Gasteiger partial charge in [-0.05, 0) is 6.42 Å². The fourth-order valence-electron chi connectivity index (χ4n) is 4.16. The molecule has 10 atom stereocenters. The van der Waals surface area contributed by atoms with Crippen molar-refractivity contribution >= 4 is 11.9 Å². The van der Waals surface area contributed by atoms with Gasteiger partial charge < -0.3 is 49.6 Å². The highest BCUT2D eigenvalue weighted by molar-refractivity contribution is 5.89. The van der Waals surface area contributed by atoms with Crippen molar-refractivity contribution < 1.29 is 59.2 Å². The summed E-state index contributed by atoms with van der Waals surface area (Å²) in [7, 11) is 1.15. The summed E-state index contributed by atoms with van der Waals surface area (Å²) in [6.07, 6.45) is -9.50. The molecule has 1 aliphatic carbocycles. The van der Waals surface area contributed by atoms with Crippen molar-refractivity contribution in [1.29, 1.82) is 0 Å². The van der Waals surface area contributed by atoms with E-state index in [1.54, 1.807) is 0 Å². The molecule has 0 unspecified atom stereocenters. The molecule has 2 aliphatic heterocycles. The number of carboxylic acids is 1. The Bertz CT molecular complexity index is 663. The van der Waals surface area contributed by atoms with Gasteiger partial charge in [0.2, 0.25) is 6.29 Å². The molecule has 0 amide bonds. The third-order valence-corrected chi connectivity index (χ3v) is 5.66. The molecule has 0 radical (unpaired) electrons. The second kappa shape index (κ2) is 8.52. The highest BCUT2D eigenvalue weighted by atomic mass is 16.8. The van der Waals surface area contributed by atoms with Gasteiger partial charge in [-0.1, -0.05) is 0 Å². The highest BCUT2D eigenvalue weighted by Gasteiger charge is 2.57. The van der Waals surface area contributed by atoms with Crippen LogP contribution in [-0.4, -0.2) is 99.4 Å². The number of carbonyl (C=O) groups is 2. The molecule has 2 fully saturated rings. The Kier molecular flexibility index (Phi) is 6.43. The lowest BCUT2D eigenvalue weighted by molar-refractivity contribution is -0.342. The molecule has 2 heterocycles. The third-order valence-electron chi connectivity index (χ3n) is 5.66. The van der Waals surface area contributed by atoms with E-state index >= 15 is 0 Å². The van der Waals surface area contributed by atoms with E-state index in [9.17, 15) is 40.2 Å². The van der Waals surface area contributed by atoms with Gasteiger partial charge in [0.1, 0.15) is 24.4 Å². The fourth-order valence-corrected chi connectivity index (χ4v) is 4.16. The zero-order valence-electron chi connectivity index (χ0n) is 15.4. The molecule has 6 N–H and O–H groups in total. The molecular weight excluding hydrogens is 396 g/mol. The average molecular weight is 420 g/mol. The minimum atomic E-state index is -1.73. The molecular formula is C17H24O12. The maximum absolute atomic E-state index is 12.0. The zero-order chi connectivity index (χ0) is 21.5. The van der Waals surface area contributed by atoms with Crippen LogP contribution >= 0.6 is 0 Å². The number of aliphatic hydroxyl groups is 5. The van der Waals surface area contributed by atoms with Crippen LogP contribution in [-0.2, 0) is 28.5 Å². The van der Waals surface area contributed by atoms with Gasteiger partial charge in [-0.2, -0.15) is 0 Å². The van der Waals surface area contributed by atoms with Crippen LogP contribution in [0.15, 0.2) is 11.8 Å². The van der Waals surface area contributed by atoms with Crippen molar-refractivity contribution in [3.05, 3.63) is 11.8 Å². The molecule has 29 heavy (non-hydrogen) atoms. The number of carboxylic acid groups (broad SMARTS) is 1. The number of aliphatic hydroxyl groups excluding tert-OH is 5. The predicted octanol–water partition coefficient (Wildman–Crippen LogP) is -3.09. The summed E-state index contributed by atoms with van der Waals surface area (Å²) in [6, 6.07) is 0. The predicted molar refractivity (Wildman–Crippen MR) is 88.6 cm³/mol. The summed E-state index contributed by atoms with van der Waals surface area (Å²) < 4.78 is 20.9. The molecule has 0 aromatic carbocycles. The Morgan fingerprint density at radius 1 is 1.14 bits per heavy atom. The van der Waals surface area contributed by atoms with Gasteiger partial charge in [0.15, 0.2) is 6.29 Å². The maximum atomic E-state index is 12.0. The summed E-state index contributed by atoms with van der Waals surface area (Å²) in [6.45, 7) is -0.675. The van der Waals surface area contributed by atoms with Crippen molar-refractivity contribution in [2.24, 2.45) is 17.8 Å². The minimum Gasteiger partial charge on any atom is -0.481 e. The van der Waals surface area contributed by atoms with Crippen LogP contribution in [0.3, 0.4) is 0 Å². The van der Waals surface area contributed by atoms with Gasteiger partial charge in [0.05, 0.1) is 37.6 Å². The van der Waals surface area contributed by atoms with Crippen LogP contribution < -0.4 is 0 Å². The summed E-state index contributed by atoms with van der Waals surface area (Å²) in [5, 5.41) is 58.9. The second-order valence-electron chi connectivity index (χ2n) is 7.25. The normalized spacial score (nSPS) is 44.4. The number of rotatable bonds is 5. The van der Waals surface area contributed by atoms with E-state index in [-0.39, 0.29) is 12.0 Å². The molecule has 0 aromatic heterocycles. The number of carbonyl (C=O) groups excluding carboxylic acids is 1. The minimum absolute atomic E-state index is 0.0361. The second-order valence-corrected chi connectivity index (χ2v) is 7.25. The van der Waals surface area contributed by atoms with Crippen LogP contribution in [0.5, 0.6) is 0 Å². The molecule has 3 aliphatic rings. The Morgan fingerprint density at radius 3 is 2.41 bits per heavy atom. The van der Waals surface area contributed by atoms with Gasteiger partial charge in [-0.3, -0.25) is 4.79 Å². The van der Waals surface area contributed by atoms with Crippen LogP contribution in [0.1, 0.15) is 6.42 Å². The van der Waals surface area contributed by atoms with Gasteiger partial charge in [-0.25, -0.2) is 4.79 Å². The quantitative estimate of drug-likeness (QED) is 0.246. The smallest absolute Gasteiger partial charge is 0.337 e. The number of hydrogen-bond donors (Lipinski definition) is 6. The van der Waals surface area contributed by atoms with Crippen LogP contribution in [0.2, 0.25) is 0 Å². The lowest BCUT2D eigenvalue weighted by Gasteiger charge is -2.42. The van der Waals surface area contributed by atoms with Gasteiger partial charge in [0.25, 0.3) is 0 Å². The highest BCUT2D eigenvalue weighted by Crippen LogP contribution is 2.48. The largest absolute Gasteiger partial charge is 0.481 e. The number of aliphatic carboxylic acids is 1. The van der Waals surface area contributed by atoms with Gasteiger partial charge in [0, 0.05) is 11.8 Å². The molecule has 164 valence electrons. The number of hydrogen-bond acceptors (Lipinski definition) is 11. The number of ether oxygens (including phenoxy) is 4. The fraction of sp³-hybridized carbons (Fsp3) is 0.765. The van der Waals surface area contributed by atoms with E-state index in [0.717, 1.165) is 13.4 Å². The van der Waals surface area contributed by atoms with E-state index in [4.69, 9.17) is 14.2 Å². The summed E-state index contributed by atoms with van der Waals surface area (Å²) in [5.41, 5.74) is 0.0361. The van der Waals surface area contributed by atoms with E-state index in [1.165, 1.54) is 0 Å². The van der Waals surface area contributed by atoms with E-state index < -0.39 is 79.4 Å². The molecule has 0 spiro atoms. The number of fused-ring (bicyclic) bond motifs is 1. The molecule has 1 saturated carbocycles. The Balaban J connectivity index is 1.87. The molecule has 3 rings (SSSR count). The van der Waals surface area contributed by atoms with E-state index in [2.05, 4.69) is 4.74 Å². The first-order chi connectivity index (χ1) is 13.7. The summed E-state index contributed by atoms with van der Waals surface area (Å²) in [4.78, 5) is 23.7. The van der Waals surface area contributed by atoms with Gasteiger partial charge in [-0.15, -0.1) is 0 Å². The van der Waals surface area contributed by atoms with E-state index in [0.29, 0.717) is 0 Å². The number of methoxy groups -OCH3 is 1. The monoisotopic (exact) mass is 420 g/mol. The molecule has 12 heteroatoms. The molecule has 1 saturated heterocycles. The summed E-state index contributed by atoms with van der Waals surface area (Å²) >= 11 is 0. The van der Waals surface area contributed by atoms with Crippen molar-refractivity contribution in [2.75, 3.05) is 13.7 Å². The lowest BCUT2D eigenvalue weighted by Crippen LogP contribution is -2.60. The van der Waals surface area contributed by atoms with Crippen LogP contribution in [0.4, 0.5) is 0 Å². The SMILES string of the molecule is COC(=O)C1=CO[C@@H](O[C@@H]2O[C@H](CO)[C@@H](O)[C@H](O)[C@H]2O)[C@@H]2[C@@H](C(=O)O)[C@@H](O)C[C@H]12. The first-order valence-electron chi connectivity index (χ1n) is 9.01. The third kappa shape index (κ3) is 3.84. The maximum Gasteiger partial charge on any atom is 0.337 e. The zero-order valence-corrected chi connectivity index (χ0v) is 15.4. The topological polar surface area (TPSA) is 192 Å². The molecule has 0 bridgehead atoms. The Hall–Kier alpha value is -1.80. The lowest BCUT2D eigenvalue weighted by atomic mass is 9.82. The van der Waals surface area contributed by atoms with Gasteiger partial charge >= 0.3 is 11.9 Å². The number of esters is 1. The van der Waals surface area contributed by atoms with Crippen molar-refractivity contribution in [3.63, 3.8) is 0 Å². The van der Waals surface area contributed by atoms with Crippen LogP contribution in [0, 0.1) is 17.8 Å². The van der Waals surface area contributed by atoms with Crippen molar-refractivity contribution in [3.8, 4) is 0 Å². The first-order valence-corrected chi connectivity index (χ1v) is 9.01. The van der Waals surface area contributed by atoms with Crippen LogP contribution in [0.25, 0.3) is 0 Å². The van der Waals surface area contributed by atoms with E-state index in [1.807, 2.05) is 0 Å². The van der Waals surface area contributed by atoms with Crippen molar-refractivity contribution in [2.45, 2.75) is 49.5 Å². The standard InChI is InChI=1S/C17H24O12/c1-26-15(25)6-4-27-16(9-5(6)2-7(19)10(9)14(23)24)29-17-13(22)12(21)11(20)8(3-18)28-17/h4-5,7-13,16-22H,2-3H2,1H3,(H,23,24)/t5-,7+,8-,9+,10+,11-,12+,13-,16+,17+/m1/s1. The first kappa shape index (κ1) is 21.9. The molecule has 12 nitrogen and oxygen atoms in total. The Morgan fingerprint density at radius 2 is 1.83 bits per heavy atom. The molecule has 0 aromatic rings. The average Bonchev–Trinajstić information content (AvgIpc) is 3.05. The van der Waals surface area contributed by atoms with Crippen molar-refractivity contribution in [1.82, 2.24) is 0 Å².